The second kappa shape index (κ2) is 7.77. The zero-order valence-corrected chi connectivity index (χ0v) is 11.8. The van der Waals surface area contributed by atoms with Crippen LogP contribution < -0.4 is 10.1 Å². The minimum Gasteiger partial charge on any atom is -0.478 e. The van der Waals surface area contributed by atoms with Gasteiger partial charge in [-0.3, -0.25) is 4.79 Å². The molecule has 2 atom stereocenters. The van der Waals surface area contributed by atoms with E-state index in [2.05, 4.69) is 12.2 Å². The number of hydrogen-bond donors (Lipinski definition) is 1. The molecule has 3 nitrogen and oxygen atoms in total. The Hall–Kier alpha value is -1.58. The lowest BCUT2D eigenvalue weighted by atomic mass is 10.1. The van der Waals surface area contributed by atoms with Gasteiger partial charge in [0.15, 0.2) is 17.7 Å². The Morgan fingerprint density at radius 3 is 2.63 bits per heavy atom. The fourth-order valence-electron chi connectivity index (χ4n) is 1.86. The molecule has 0 bridgehead atoms. The van der Waals surface area contributed by atoms with Crippen molar-refractivity contribution in [1.82, 2.24) is 5.32 Å². The average Bonchev–Trinajstić information content (AvgIpc) is 2.37. The number of para-hydroxylation sites is 1. The van der Waals surface area contributed by atoms with Crippen molar-refractivity contribution < 1.29 is 13.9 Å². The maximum absolute atomic E-state index is 13.5. The first-order valence-corrected chi connectivity index (χ1v) is 6.80. The molecular formula is C15H22FNO2. The zero-order valence-electron chi connectivity index (χ0n) is 11.8. The van der Waals surface area contributed by atoms with Crippen LogP contribution in [0.4, 0.5) is 4.39 Å². The smallest absolute Gasteiger partial charge is 0.261 e. The Morgan fingerprint density at radius 1 is 1.37 bits per heavy atom. The van der Waals surface area contributed by atoms with Gasteiger partial charge in [-0.15, -0.1) is 0 Å². The van der Waals surface area contributed by atoms with Crippen molar-refractivity contribution in [3.63, 3.8) is 0 Å². The Morgan fingerprint density at radius 2 is 2.05 bits per heavy atom. The zero-order chi connectivity index (χ0) is 14.3. The maximum Gasteiger partial charge on any atom is 0.261 e. The van der Waals surface area contributed by atoms with Crippen molar-refractivity contribution in [3.05, 3.63) is 30.1 Å². The molecule has 19 heavy (non-hydrogen) atoms. The van der Waals surface area contributed by atoms with Crippen LogP contribution in [0, 0.1) is 5.82 Å². The molecule has 1 N–H and O–H groups in total. The van der Waals surface area contributed by atoms with Crippen molar-refractivity contribution in [3.8, 4) is 5.75 Å². The van der Waals surface area contributed by atoms with E-state index in [0.29, 0.717) is 6.42 Å². The summed E-state index contributed by atoms with van der Waals surface area (Å²) in [7, 11) is 0. The molecule has 0 saturated carbocycles. The summed E-state index contributed by atoms with van der Waals surface area (Å²) in [4.78, 5) is 12.0. The summed E-state index contributed by atoms with van der Waals surface area (Å²) < 4.78 is 18.9. The van der Waals surface area contributed by atoms with Crippen LogP contribution in [0.2, 0.25) is 0 Å². The van der Waals surface area contributed by atoms with Gasteiger partial charge < -0.3 is 10.1 Å². The Balaban J connectivity index is 2.63. The lowest BCUT2D eigenvalue weighted by Crippen LogP contribution is -2.42. The molecule has 0 fully saturated rings. The number of amides is 1. The quantitative estimate of drug-likeness (QED) is 0.823. The topological polar surface area (TPSA) is 38.3 Å². The highest BCUT2D eigenvalue weighted by atomic mass is 19.1. The van der Waals surface area contributed by atoms with E-state index < -0.39 is 11.9 Å². The lowest BCUT2D eigenvalue weighted by Gasteiger charge is -2.20. The summed E-state index contributed by atoms with van der Waals surface area (Å²) in [5.74, 6) is -0.519. The van der Waals surface area contributed by atoms with Crippen LogP contribution in [0.1, 0.15) is 40.0 Å². The first-order valence-electron chi connectivity index (χ1n) is 6.80. The minimum atomic E-state index is -0.656. The fraction of sp³-hybridized carbons (Fsp3) is 0.533. The molecule has 0 heterocycles. The van der Waals surface area contributed by atoms with Crippen molar-refractivity contribution >= 4 is 5.91 Å². The second-order valence-corrected chi connectivity index (χ2v) is 4.64. The Kier molecular flexibility index (Phi) is 6.33. The molecule has 0 radical (unpaired) electrons. The third kappa shape index (κ3) is 4.89. The number of rotatable bonds is 7. The summed E-state index contributed by atoms with van der Waals surface area (Å²) in [6.07, 6.45) is 1.77. The number of carbonyl (C=O) groups is 1. The Labute approximate surface area is 114 Å². The summed E-state index contributed by atoms with van der Waals surface area (Å²) in [5.41, 5.74) is 0. The van der Waals surface area contributed by atoms with Crippen molar-refractivity contribution in [2.75, 3.05) is 0 Å². The van der Waals surface area contributed by atoms with E-state index in [9.17, 15) is 9.18 Å². The van der Waals surface area contributed by atoms with Crippen molar-refractivity contribution in [1.29, 1.82) is 0 Å². The SMILES string of the molecule is CCC[C@H](C)NC(=O)[C@H](CC)Oc1ccccc1F. The number of nitrogens with one attached hydrogen (secondary N) is 1. The molecule has 1 aromatic carbocycles. The van der Waals surface area contributed by atoms with Gasteiger partial charge in [-0.05, 0) is 31.9 Å². The van der Waals surface area contributed by atoms with Crippen molar-refractivity contribution in [2.24, 2.45) is 0 Å². The Bertz CT molecular complexity index is 409. The van der Waals surface area contributed by atoms with Crippen LogP contribution in [0.15, 0.2) is 24.3 Å². The minimum absolute atomic E-state index is 0.107. The molecule has 0 spiro atoms. The predicted molar refractivity (Wildman–Crippen MR) is 73.6 cm³/mol. The molecule has 0 unspecified atom stereocenters. The molecule has 1 amide bonds. The lowest BCUT2D eigenvalue weighted by molar-refractivity contribution is -0.128. The average molecular weight is 267 g/mol. The molecule has 0 aliphatic carbocycles. The molecule has 0 aliphatic heterocycles. The van der Waals surface area contributed by atoms with Crippen LogP contribution in [0.3, 0.4) is 0 Å². The van der Waals surface area contributed by atoms with Crippen molar-refractivity contribution in [2.45, 2.75) is 52.2 Å². The van der Waals surface area contributed by atoms with Gasteiger partial charge in [0.05, 0.1) is 0 Å². The number of ether oxygens (including phenoxy) is 1. The number of hydrogen-bond acceptors (Lipinski definition) is 2. The van der Waals surface area contributed by atoms with E-state index in [4.69, 9.17) is 4.74 Å². The molecule has 0 aromatic heterocycles. The number of halogens is 1. The monoisotopic (exact) mass is 267 g/mol. The molecule has 4 heteroatoms. The van der Waals surface area contributed by atoms with Gasteiger partial charge >= 0.3 is 0 Å². The highest BCUT2D eigenvalue weighted by molar-refractivity contribution is 5.81. The molecule has 0 saturated heterocycles. The largest absolute Gasteiger partial charge is 0.478 e. The molecule has 0 aliphatic rings. The molecule has 1 rings (SSSR count). The summed E-state index contributed by atoms with van der Waals surface area (Å²) in [5, 5.41) is 2.89. The molecular weight excluding hydrogens is 245 g/mol. The van der Waals surface area contributed by atoms with Gasteiger partial charge in [-0.1, -0.05) is 32.4 Å². The van der Waals surface area contributed by atoms with Crippen LogP contribution in [0.25, 0.3) is 0 Å². The first-order chi connectivity index (χ1) is 9.08. The molecule has 1 aromatic rings. The standard InChI is InChI=1S/C15H22FNO2/c1-4-8-11(3)17-15(18)13(5-2)19-14-10-7-6-9-12(14)16/h6-7,9-11,13H,4-5,8H2,1-3H3,(H,17,18)/t11-,13-/m0/s1. The summed E-state index contributed by atoms with van der Waals surface area (Å²) in [6, 6.07) is 6.23. The van der Waals surface area contributed by atoms with E-state index >= 15 is 0 Å². The highest BCUT2D eigenvalue weighted by Crippen LogP contribution is 2.18. The van der Waals surface area contributed by atoms with E-state index in [1.807, 2.05) is 13.8 Å². The van der Waals surface area contributed by atoms with E-state index in [-0.39, 0.29) is 17.7 Å². The predicted octanol–water partition coefficient (Wildman–Crippen LogP) is 3.29. The summed E-state index contributed by atoms with van der Waals surface area (Å²) in [6.45, 7) is 5.86. The summed E-state index contributed by atoms with van der Waals surface area (Å²) >= 11 is 0. The highest BCUT2D eigenvalue weighted by Gasteiger charge is 2.20. The number of carbonyl (C=O) groups excluding carboxylic acids is 1. The first kappa shape index (κ1) is 15.5. The normalized spacial score (nSPS) is 13.7. The fourth-order valence-corrected chi connectivity index (χ4v) is 1.86. The third-order valence-electron chi connectivity index (χ3n) is 2.88. The van der Waals surface area contributed by atoms with Crippen LogP contribution in [-0.4, -0.2) is 18.1 Å². The number of benzene rings is 1. The van der Waals surface area contributed by atoms with Gasteiger partial charge in [0, 0.05) is 6.04 Å². The van der Waals surface area contributed by atoms with Gasteiger partial charge in [0.1, 0.15) is 0 Å². The van der Waals surface area contributed by atoms with Crippen LogP contribution in [0.5, 0.6) is 5.75 Å². The van der Waals surface area contributed by atoms with E-state index in [1.165, 1.54) is 12.1 Å². The van der Waals surface area contributed by atoms with E-state index in [0.717, 1.165) is 12.8 Å². The third-order valence-corrected chi connectivity index (χ3v) is 2.88. The van der Waals surface area contributed by atoms with Gasteiger partial charge in [-0.25, -0.2) is 4.39 Å². The maximum atomic E-state index is 13.5. The van der Waals surface area contributed by atoms with Gasteiger partial charge in [0.25, 0.3) is 5.91 Å². The van der Waals surface area contributed by atoms with Gasteiger partial charge in [0.2, 0.25) is 0 Å². The van der Waals surface area contributed by atoms with Crippen LogP contribution in [-0.2, 0) is 4.79 Å². The van der Waals surface area contributed by atoms with Gasteiger partial charge in [-0.2, -0.15) is 0 Å². The van der Waals surface area contributed by atoms with E-state index in [1.54, 1.807) is 12.1 Å². The molecule has 106 valence electrons. The second-order valence-electron chi connectivity index (χ2n) is 4.64. The van der Waals surface area contributed by atoms with Crippen LogP contribution >= 0.6 is 0 Å².